The highest BCUT2D eigenvalue weighted by molar-refractivity contribution is 7.03. The first-order chi connectivity index (χ1) is 16.7. The van der Waals surface area contributed by atoms with E-state index in [0.29, 0.717) is 0 Å². The van der Waals surface area contributed by atoms with E-state index in [9.17, 15) is 0 Å². The molecule has 1 aliphatic rings. The Labute approximate surface area is 205 Å². The minimum atomic E-state index is 0.857. The molecule has 1 N–H and O–H groups in total. The fourth-order valence-corrected chi connectivity index (χ4v) is 5.39. The van der Waals surface area contributed by atoms with Gasteiger partial charge in [0.05, 0.1) is 5.52 Å². The molecule has 0 saturated heterocycles. The lowest BCUT2D eigenvalue weighted by atomic mass is 9.98. The van der Waals surface area contributed by atoms with Crippen LogP contribution in [0, 0.1) is 6.92 Å². The van der Waals surface area contributed by atoms with Crippen molar-refractivity contribution in [1.29, 1.82) is 0 Å². The number of aryl methyl sites for hydroxylation is 1. The molecule has 0 unspecified atom stereocenters. The molecule has 0 atom stereocenters. The van der Waals surface area contributed by atoms with Crippen LogP contribution in [0.3, 0.4) is 0 Å². The number of benzene rings is 2. The fourth-order valence-electron chi connectivity index (χ4n) is 4.84. The summed E-state index contributed by atoms with van der Waals surface area (Å²) in [4.78, 5) is 14.2. The van der Waals surface area contributed by atoms with E-state index in [1.807, 2.05) is 6.20 Å². The molecule has 0 spiro atoms. The minimum absolute atomic E-state index is 0.857. The summed E-state index contributed by atoms with van der Waals surface area (Å²) in [5, 5.41) is 6.82. The van der Waals surface area contributed by atoms with Crippen molar-refractivity contribution >= 4 is 33.9 Å². The van der Waals surface area contributed by atoms with Gasteiger partial charge in [0, 0.05) is 54.4 Å². The Morgan fingerprint density at radius 3 is 2.74 bits per heavy atom. The predicted molar refractivity (Wildman–Crippen MR) is 143 cm³/mol. The molecule has 7 heteroatoms. The van der Waals surface area contributed by atoms with Gasteiger partial charge in [0.15, 0.2) is 0 Å². The second-order valence-corrected chi connectivity index (χ2v) is 9.57. The molecule has 0 amide bonds. The molecule has 5 rings (SSSR count). The van der Waals surface area contributed by atoms with Crippen molar-refractivity contribution < 1.29 is 0 Å². The predicted octanol–water partition coefficient (Wildman–Crippen LogP) is 5.38. The molecule has 34 heavy (non-hydrogen) atoms. The number of aromatic nitrogens is 3. The molecule has 0 saturated carbocycles. The lowest BCUT2D eigenvalue weighted by Crippen LogP contribution is -2.31. The van der Waals surface area contributed by atoms with Crippen LogP contribution in [-0.4, -0.2) is 52.0 Å². The summed E-state index contributed by atoms with van der Waals surface area (Å²) in [6.45, 7) is 12.6. The third kappa shape index (κ3) is 4.63. The zero-order chi connectivity index (χ0) is 23.5. The summed E-state index contributed by atoms with van der Waals surface area (Å²) in [6, 6.07) is 11.3. The average molecular weight is 473 g/mol. The van der Waals surface area contributed by atoms with Gasteiger partial charge in [-0.3, -0.25) is 0 Å². The first-order valence-electron chi connectivity index (χ1n) is 12.1. The van der Waals surface area contributed by atoms with E-state index in [0.717, 1.165) is 68.0 Å². The third-order valence-corrected chi connectivity index (χ3v) is 7.43. The van der Waals surface area contributed by atoms with Gasteiger partial charge in [-0.15, -0.1) is 0 Å². The van der Waals surface area contributed by atoms with Crippen LogP contribution in [0.5, 0.6) is 0 Å². The van der Waals surface area contributed by atoms with Crippen LogP contribution < -0.4 is 10.2 Å². The Hall–Kier alpha value is -3.03. The summed E-state index contributed by atoms with van der Waals surface area (Å²) in [5.41, 5.74) is 8.52. The number of hydrogen-bond donors (Lipinski definition) is 1. The summed E-state index contributed by atoms with van der Waals surface area (Å²) in [6.07, 6.45) is 4.66. The van der Waals surface area contributed by atoms with Gasteiger partial charge in [-0.25, -0.2) is 14.3 Å². The van der Waals surface area contributed by atoms with Crippen molar-refractivity contribution in [1.82, 2.24) is 19.2 Å². The smallest absolute Gasteiger partial charge is 0.140 e. The van der Waals surface area contributed by atoms with Gasteiger partial charge >= 0.3 is 0 Å². The first-order valence-corrected chi connectivity index (χ1v) is 13.0. The molecular formula is C27H32N6S. The van der Waals surface area contributed by atoms with Crippen LogP contribution in [0.1, 0.15) is 30.5 Å². The van der Waals surface area contributed by atoms with E-state index in [4.69, 9.17) is 4.98 Å². The SMILES string of the molecule is CCN(CC)CCNc1ccc2c(c1)CN(c1ncnc3c(C)cc(-c4cnsc4)cc13)CC2. The second kappa shape index (κ2) is 10.1. The Kier molecular flexibility index (Phi) is 6.74. The molecule has 0 bridgehead atoms. The largest absolute Gasteiger partial charge is 0.384 e. The van der Waals surface area contributed by atoms with Crippen molar-refractivity contribution in [2.24, 2.45) is 0 Å². The standard InChI is InChI=1S/C27H32N6S/c1-4-32(5-2)11-9-28-24-7-6-20-8-10-33(16-22(20)13-24)27-25-14-21(23-15-31-34-17-23)12-19(3)26(25)29-18-30-27/h6-7,12-15,17-18,28H,4-5,8-11,16H2,1-3H3. The zero-order valence-electron chi connectivity index (χ0n) is 20.2. The molecule has 0 radical (unpaired) electrons. The highest BCUT2D eigenvalue weighted by Gasteiger charge is 2.21. The number of rotatable bonds is 8. The molecule has 0 aliphatic carbocycles. The molecule has 2 aromatic carbocycles. The van der Waals surface area contributed by atoms with Gasteiger partial charge in [0.25, 0.3) is 0 Å². The Bertz CT molecular complexity index is 1270. The number of hydrogen-bond acceptors (Lipinski definition) is 7. The highest BCUT2D eigenvalue weighted by Crippen LogP contribution is 2.34. The minimum Gasteiger partial charge on any atom is -0.384 e. The number of anilines is 2. The maximum atomic E-state index is 4.76. The molecule has 4 aromatic rings. The van der Waals surface area contributed by atoms with Gasteiger partial charge in [-0.1, -0.05) is 19.9 Å². The summed E-state index contributed by atoms with van der Waals surface area (Å²) < 4.78 is 4.29. The van der Waals surface area contributed by atoms with E-state index < -0.39 is 0 Å². The fraction of sp³-hybridized carbons (Fsp3) is 0.370. The molecule has 2 aromatic heterocycles. The van der Waals surface area contributed by atoms with Crippen molar-refractivity contribution in [3.63, 3.8) is 0 Å². The van der Waals surface area contributed by atoms with Gasteiger partial charge < -0.3 is 15.1 Å². The molecule has 1 aliphatic heterocycles. The van der Waals surface area contributed by atoms with Gasteiger partial charge in [0.1, 0.15) is 12.1 Å². The Morgan fingerprint density at radius 2 is 1.94 bits per heavy atom. The highest BCUT2D eigenvalue weighted by atomic mass is 32.1. The second-order valence-electron chi connectivity index (χ2n) is 8.91. The zero-order valence-corrected chi connectivity index (χ0v) is 21.0. The van der Waals surface area contributed by atoms with Crippen molar-refractivity contribution in [2.45, 2.75) is 33.7 Å². The Morgan fingerprint density at radius 1 is 1.06 bits per heavy atom. The number of likely N-dealkylation sites (N-methyl/N-ethyl adjacent to an activating group) is 1. The van der Waals surface area contributed by atoms with Crippen LogP contribution in [0.25, 0.3) is 22.0 Å². The first kappa shape index (κ1) is 22.7. The summed E-state index contributed by atoms with van der Waals surface area (Å²) >= 11 is 1.48. The Balaban J connectivity index is 1.40. The van der Waals surface area contributed by atoms with Crippen LogP contribution in [0.15, 0.2) is 48.2 Å². The molecule has 176 valence electrons. The van der Waals surface area contributed by atoms with Gasteiger partial charge in [0.2, 0.25) is 0 Å². The van der Waals surface area contributed by atoms with Crippen molar-refractivity contribution in [2.75, 3.05) is 42.9 Å². The molecule has 6 nitrogen and oxygen atoms in total. The van der Waals surface area contributed by atoms with Gasteiger partial charge in [-0.2, -0.15) is 0 Å². The number of nitrogens with one attached hydrogen (secondary N) is 1. The lowest BCUT2D eigenvalue weighted by Gasteiger charge is -2.31. The normalized spacial score (nSPS) is 13.5. The third-order valence-electron chi connectivity index (χ3n) is 6.84. The topological polar surface area (TPSA) is 57.2 Å². The van der Waals surface area contributed by atoms with Crippen LogP contribution in [0.4, 0.5) is 11.5 Å². The number of nitrogens with zero attached hydrogens (tertiary/aromatic N) is 5. The van der Waals surface area contributed by atoms with Crippen LogP contribution in [0.2, 0.25) is 0 Å². The lowest BCUT2D eigenvalue weighted by molar-refractivity contribution is 0.316. The molecule has 0 fully saturated rings. The van der Waals surface area contributed by atoms with E-state index in [1.165, 1.54) is 39.5 Å². The van der Waals surface area contributed by atoms with E-state index >= 15 is 0 Å². The summed E-state index contributed by atoms with van der Waals surface area (Å²) in [5.74, 6) is 1.02. The van der Waals surface area contributed by atoms with Gasteiger partial charge in [-0.05, 0) is 84.5 Å². The monoisotopic (exact) mass is 472 g/mol. The maximum absolute atomic E-state index is 4.76. The van der Waals surface area contributed by atoms with Crippen LogP contribution in [-0.2, 0) is 13.0 Å². The molecule has 3 heterocycles. The number of fused-ring (bicyclic) bond motifs is 2. The van der Waals surface area contributed by atoms with Crippen molar-refractivity contribution in [3.8, 4) is 11.1 Å². The maximum Gasteiger partial charge on any atom is 0.140 e. The van der Waals surface area contributed by atoms with Crippen LogP contribution >= 0.6 is 11.5 Å². The molecular weight excluding hydrogens is 440 g/mol. The van der Waals surface area contributed by atoms with E-state index in [2.05, 4.69) is 81.0 Å². The van der Waals surface area contributed by atoms with Crippen molar-refractivity contribution in [3.05, 3.63) is 64.9 Å². The van der Waals surface area contributed by atoms with E-state index in [-0.39, 0.29) is 0 Å². The average Bonchev–Trinajstić information content (AvgIpc) is 3.41. The quantitative estimate of drug-likeness (QED) is 0.372. The summed E-state index contributed by atoms with van der Waals surface area (Å²) in [7, 11) is 0. The van der Waals surface area contributed by atoms with E-state index in [1.54, 1.807) is 6.33 Å².